The third-order valence-electron chi connectivity index (χ3n) is 3.06. The predicted octanol–water partition coefficient (Wildman–Crippen LogP) is 4.12. The van der Waals surface area contributed by atoms with E-state index in [0.29, 0.717) is 17.7 Å². The Morgan fingerprint density at radius 2 is 2.09 bits per heavy atom. The molecule has 0 aliphatic heterocycles. The molecule has 1 aromatic carbocycles. The van der Waals surface area contributed by atoms with E-state index in [4.69, 9.17) is 13.6 Å². The van der Waals surface area contributed by atoms with E-state index >= 15 is 0 Å². The number of rotatable bonds is 6. The van der Waals surface area contributed by atoms with Gasteiger partial charge in [-0.3, -0.25) is 0 Å². The number of ether oxygens (including phenoxy) is 1. The molecule has 2 aromatic heterocycles. The summed E-state index contributed by atoms with van der Waals surface area (Å²) in [6, 6.07) is 9.80. The Morgan fingerprint density at radius 3 is 2.86 bits per heavy atom. The summed E-state index contributed by atoms with van der Waals surface area (Å²) in [7, 11) is 0. The number of aromatic nitrogens is 2. The summed E-state index contributed by atoms with van der Waals surface area (Å²) in [6.45, 7) is 4.48. The van der Waals surface area contributed by atoms with Crippen LogP contribution in [0.2, 0.25) is 0 Å². The second-order valence-electron chi connectivity index (χ2n) is 4.78. The van der Waals surface area contributed by atoms with E-state index in [-0.39, 0.29) is 0 Å². The highest BCUT2D eigenvalue weighted by Crippen LogP contribution is 2.26. The Morgan fingerprint density at radius 1 is 1.18 bits per heavy atom. The Labute approximate surface area is 132 Å². The molecule has 0 amide bonds. The summed E-state index contributed by atoms with van der Waals surface area (Å²) in [5.74, 6) is 2.86. The summed E-state index contributed by atoms with van der Waals surface area (Å²) in [5.41, 5.74) is 2.01. The van der Waals surface area contributed by atoms with Crippen LogP contribution in [0.15, 0.2) is 50.7 Å². The quantitative estimate of drug-likeness (QED) is 0.503. The van der Waals surface area contributed by atoms with Crippen molar-refractivity contribution < 1.29 is 13.6 Å². The Balaban J connectivity index is 1.50. The third-order valence-corrected chi connectivity index (χ3v) is 3.85. The molecule has 5 nitrogen and oxygen atoms in total. The first kappa shape index (κ1) is 14.7. The van der Waals surface area contributed by atoms with Crippen molar-refractivity contribution >= 4 is 11.8 Å². The Kier molecular flexibility index (Phi) is 4.48. The molecule has 0 bridgehead atoms. The molecule has 0 saturated heterocycles. The van der Waals surface area contributed by atoms with Crippen molar-refractivity contribution in [3.05, 3.63) is 47.9 Å². The van der Waals surface area contributed by atoms with Crippen LogP contribution >= 0.6 is 11.8 Å². The van der Waals surface area contributed by atoms with E-state index in [1.807, 2.05) is 44.2 Å². The number of nitrogens with zero attached hydrogens (tertiary/aromatic N) is 2. The van der Waals surface area contributed by atoms with Crippen LogP contribution in [0.3, 0.4) is 0 Å². The van der Waals surface area contributed by atoms with E-state index in [9.17, 15) is 0 Å². The number of furan rings is 1. The number of thioether (sulfide) groups is 1. The van der Waals surface area contributed by atoms with Crippen LogP contribution in [0, 0.1) is 13.8 Å². The molecule has 0 N–H and O–H groups in total. The first-order chi connectivity index (χ1) is 10.7. The van der Waals surface area contributed by atoms with Crippen LogP contribution in [0.5, 0.6) is 5.75 Å². The number of benzene rings is 1. The van der Waals surface area contributed by atoms with Gasteiger partial charge in [-0.15, -0.1) is 10.2 Å². The Bertz CT molecular complexity index is 751. The minimum absolute atomic E-state index is 0.480. The predicted molar refractivity (Wildman–Crippen MR) is 84.1 cm³/mol. The van der Waals surface area contributed by atoms with Crippen molar-refractivity contribution in [2.75, 3.05) is 12.4 Å². The molecule has 3 aromatic rings. The lowest BCUT2D eigenvalue weighted by Gasteiger charge is -2.05. The molecule has 2 heterocycles. The maximum atomic E-state index is 5.68. The summed E-state index contributed by atoms with van der Waals surface area (Å²) in [6.07, 6.45) is 1.61. The van der Waals surface area contributed by atoms with E-state index in [0.717, 1.165) is 22.8 Å². The molecular formula is C16H16N2O3S. The molecule has 0 spiro atoms. The fourth-order valence-corrected chi connectivity index (χ4v) is 2.56. The molecule has 3 rings (SSSR count). The van der Waals surface area contributed by atoms with Crippen LogP contribution in [-0.4, -0.2) is 22.6 Å². The van der Waals surface area contributed by atoms with Crippen LogP contribution in [0.25, 0.3) is 11.5 Å². The summed E-state index contributed by atoms with van der Waals surface area (Å²) < 4.78 is 16.5. The van der Waals surface area contributed by atoms with E-state index in [1.54, 1.807) is 6.26 Å². The topological polar surface area (TPSA) is 61.3 Å². The van der Waals surface area contributed by atoms with Gasteiger partial charge in [0.1, 0.15) is 11.5 Å². The van der Waals surface area contributed by atoms with Gasteiger partial charge in [-0.1, -0.05) is 23.9 Å². The van der Waals surface area contributed by atoms with Gasteiger partial charge in [-0.05, 0) is 37.6 Å². The first-order valence-corrected chi connectivity index (χ1v) is 7.91. The molecule has 0 aliphatic carbocycles. The fraction of sp³-hybridized carbons (Fsp3) is 0.250. The zero-order chi connectivity index (χ0) is 15.4. The van der Waals surface area contributed by atoms with Crippen molar-refractivity contribution in [1.29, 1.82) is 0 Å². The summed E-state index contributed by atoms with van der Waals surface area (Å²) in [4.78, 5) is 0. The van der Waals surface area contributed by atoms with Crippen LogP contribution < -0.4 is 4.74 Å². The molecular weight excluding hydrogens is 300 g/mol. The van der Waals surface area contributed by atoms with Gasteiger partial charge in [0.05, 0.1) is 18.4 Å². The maximum absolute atomic E-state index is 5.68. The van der Waals surface area contributed by atoms with Crippen molar-refractivity contribution in [3.63, 3.8) is 0 Å². The van der Waals surface area contributed by atoms with Gasteiger partial charge in [0.25, 0.3) is 11.1 Å². The lowest BCUT2D eigenvalue weighted by Crippen LogP contribution is -2.00. The minimum atomic E-state index is 0.480. The lowest BCUT2D eigenvalue weighted by molar-refractivity contribution is 0.343. The van der Waals surface area contributed by atoms with Crippen LogP contribution in [-0.2, 0) is 0 Å². The molecule has 0 radical (unpaired) electrons. The molecule has 0 atom stereocenters. The van der Waals surface area contributed by atoms with Gasteiger partial charge in [-0.2, -0.15) is 0 Å². The normalized spacial score (nSPS) is 10.8. The number of aryl methyl sites for hydroxylation is 2. The molecule has 114 valence electrons. The highest BCUT2D eigenvalue weighted by Gasteiger charge is 2.13. The van der Waals surface area contributed by atoms with Crippen molar-refractivity contribution in [2.24, 2.45) is 0 Å². The van der Waals surface area contributed by atoms with E-state index in [2.05, 4.69) is 10.2 Å². The molecule has 0 saturated carbocycles. The summed E-state index contributed by atoms with van der Waals surface area (Å²) >= 11 is 1.47. The largest absolute Gasteiger partial charge is 0.493 e. The first-order valence-electron chi connectivity index (χ1n) is 6.92. The minimum Gasteiger partial charge on any atom is -0.493 e. The van der Waals surface area contributed by atoms with E-state index in [1.165, 1.54) is 17.3 Å². The average Bonchev–Trinajstić information content (AvgIpc) is 3.12. The van der Waals surface area contributed by atoms with Gasteiger partial charge in [0.15, 0.2) is 0 Å². The van der Waals surface area contributed by atoms with Gasteiger partial charge in [-0.25, -0.2) is 0 Å². The fourth-order valence-electron chi connectivity index (χ4n) is 1.98. The SMILES string of the molecule is Cc1cccc(OCCSc2nnc(-c3ccoc3C)o2)c1. The van der Waals surface area contributed by atoms with Crippen molar-refractivity contribution in [3.8, 4) is 17.2 Å². The smallest absolute Gasteiger partial charge is 0.276 e. The Hall–Kier alpha value is -2.21. The van der Waals surface area contributed by atoms with Gasteiger partial charge < -0.3 is 13.6 Å². The molecule has 22 heavy (non-hydrogen) atoms. The highest BCUT2D eigenvalue weighted by molar-refractivity contribution is 7.99. The van der Waals surface area contributed by atoms with Crippen LogP contribution in [0.4, 0.5) is 0 Å². The second-order valence-corrected chi connectivity index (χ2v) is 5.82. The zero-order valence-corrected chi connectivity index (χ0v) is 13.2. The van der Waals surface area contributed by atoms with Gasteiger partial charge >= 0.3 is 0 Å². The molecule has 0 fully saturated rings. The van der Waals surface area contributed by atoms with E-state index < -0.39 is 0 Å². The van der Waals surface area contributed by atoms with Crippen LogP contribution in [0.1, 0.15) is 11.3 Å². The summed E-state index contributed by atoms with van der Waals surface area (Å²) in [5, 5.41) is 8.58. The number of hydrogen-bond acceptors (Lipinski definition) is 6. The second kappa shape index (κ2) is 6.70. The average molecular weight is 316 g/mol. The molecule has 0 aliphatic rings. The molecule has 0 unspecified atom stereocenters. The zero-order valence-electron chi connectivity index (χ0n) is 12.4. The third kappa shape index (κ3) is 3.51. The number of hydrogen-bond donors (Lipinski definition) is 0. The van der Waals surface area contributed by atoms with Gasteiger partial charge in [0.2, 0.25) is 0 Å². The maximum Gasteiger partial charge on any atom is 0.276 e. The van der Waals surface area contributed by atoms with Crippen molar-refractivity contribution in [1.82, 2.24) is 10.2 Å². The highest BCUT2D eigenvalue weighted by atomic mass is 32.2. The monoisotopic (exact) mass is 316 g/mol. The van der Waals surface area contributed by atoms with Gasteiger partial charge in [0, 0.05) is 5.75 Å². The molecule has 6 heteroatoms. The van der Waals surface area contributed by atoms with Crippen molar-refractivity contribution in [2.45, 2.75) is 19.1 Å². The standard InChI is InChI=1S/C16H16N2O3S/c1-11-4-3-5-13(10-11)20-8-9-22-16-18-17-15(21-16)14-6-7-19-12(14)2/h3-7,10H,8-9H2,1-2H3. The lowest BCUT2D eigenvalue weighted by atomic mass is 10.2.